The Morgan fingerprint density at radius 3 is 2.26 bits per heavy atom. The molecule has 1 heterocycles. The van der Waals surface area contributed by atoms with E-state index in [0.717, 1.165) is 4.90 Å². The minimum Gasteiger partial charge on any atom is -0.285 e. The Kier molecular flexibility index (Phi) is 3.76. The number of para-hydroxylation sites is 1. The largest absolute Gasteiger partial charge is 0.332 e. The maximum absolute atomic E-state index is 12.4. The Morgan fingerprint density at radius 2 is 1.65 bits per heavy atom. The van der Waals surface area contributed by atoms with Crippen LogP contribution in [0, 0.1) is 10.1 Å². The van der Waals surface area contributed by atoms with Gasteiger partial charge in [-0.3, -0.25) is 24.7 Å². The molecule has 1 aliphatic heterocycles. The number of rotatable bonds is 4. The molecule has 0 aromatic heterocycles. The Labute approximate surface area is 131 Å². The molecule has 0 N–H and O–H groups in total. The van der Waals surface area contributed by atoms with E-state index in [0.29, 0.717) is 11.3 Å². The highest BCUT2D eigenvalue weighted by atomic mass is 16.6. The maximum atomic E-state index is 12.4. The normalized spacial score (nSPS) is 14.4. The first-order valence-electron chi connectivity index (χ1n) is 6.96. The summed E-state index contributed by atoms with van der Waals surface area (Å²) in [5.74, 6) is -0.294. The smallest absolute Gasteiger partial charge is 0.285 e. The zero-order chi connectivity index (χ0) is 16.4. The average Bonchev–Trinajstić information content (AvgIpc) is 2.84. The van der Waals surface area contributed by atoms with Crippen molar-refractivity contribution in [3.8, 4) is 0 Å². The molecule has 3 amide bonds. The highest BCUT2D eigenvalue weighted by Gasteiger charge is 2.36. The van der Waals surface area contributed by atoms with Crippen molar-refractivity contribution in [2.75, 3.05) is 11.4 Å². The van der Waals surface area contributed by atoms with Crippen molar-refractivity contribution in [1.82, 2.24) is 4.90 Å². The number of benzene rings is 2. The van der Waals surface area contributed by atoms with Crippen LogP contribution in [0.25, 0.3) is 0 Å². The first kappa shape index (κ1) is 14.7. The molecular formula is C16H13N3O4. The molecular weight excluding hydrogens is 298 g/mol. The molecule has 7 nitrogen and oxygen atoms in total. The van der Waals surface area contributed by atoms with Gasteiger partial charge in [0.1, 0.15) is 6.54 Å². The summed E-state index contributed by atoms with van der Waals surface area (Å²) < 4.78 is 0. The molecule has 3 rings (SSSR count). The monoisotopic (exact) mass is 311 g/mol. The van der Waals surface area contributed by atoms with Gasteiger partial charge in [0.2, 0.25) is 0 Å². The van der Waals surface area contributed by atoms with E-state index in [4.69, 9.17) is 0 Å². The van der Waals surface area contributed by atoms with Gasteiger partial charge in [-0.1, -0.05) is 30.3 Å². The first-order valence-corrected chi connectivity index (χ1v) is 6.96. The molecule has 2 aromatic carbocycles. The molecule has 1 saturated heterocycles. The molecule has 2 aromatic rings. The van der Waals surface area contributed by atoms with Gasteiger partial charge in [0.25, 0.3) is 11.6 Å². The van der Waals surface area contributed by atoms with Gasteiger partial charge in [0, 0.05) is 17.8 Å². The third kappa shape index (κ3) is 2.89. The highest BCUT2D eigenvalue weighted by Crippen LogP contribution is 2.22. The first-order chi connectivity index (χ1) is 11.1. The van der Waals surface area contributed by atoms with Crippen LogP contribution in [0.15, 0.2) is 54.6 Å². The summed E-state index contributed by atoms with van der Waals surface area (Å²) in [5.41, 5.74) is 1.29. The number of urea groups is 1. The van der Waals surface area contributed by atoms with Crippen molar-refractivity contribution in [1.29, 1.82) is 0 Å². The van der Waals surface area contributed by atoms with Crippen molar-refractivity contribution in [2.45, 2.75) is 6.54 Å². The van der Waals surface area contributed by atoms with E-state index < -0.39 is 4.92 Å². The summed E-state index contributed by atoms with van der Waals surface area (Å²) in [4.78, 5) is 37.2. The number of amides is 3. The van der Waals surface area contributed by atoms with E-state index in [1.807, 2.05) is 6.07 Å². The molecule has 0 saturated carbocycles. The summed E-state index contributed by atoms with van der Waals surface area (Å²) in [5, 5.41) is 10.6. The van der Waals surface area contributed by atoms with E-state index in [2.05, 4.69) is 0 Å². The number of hydrogen-bond donors (Lipinski definition) is 0. The van der Waals surface area contributed by atoms with Crippen molar-refractivity contribution in [2.24, 2.45) is 0 Å². The third-order valence-corrected chi connectivity index (χ3v) is 3.61. The van der Waals surface area contributed by atoms with Crippen LogP contribution < -0.4 is 4.90 Å². The van der Waals surface area contributed by atoms with Crippen LogP contribution in [0.1, 0.15) is 5.56 Å². The van der Waals surface area contributed by atoms with Gasteiger partial charge in [-0.15, -0.1) is 0 Å². The Hall–Kier alpha value is -3.22. The molecule has 116 valence electrons. The molecule has 0 bridgehead atoms. The number of nitrogens with zero attached hydrogens (tertiary/aromatic N) is 3. The number of non-ortho nitro benzene ring substituents is 1. The second kappa shape index (κ2) is 5.88. The van der Waals surface area contributed by atoms with Crippen molar-refractivity contribution in [3.05, 3.63) is 70.3 Å². The average molecular weight is 311 g/mol. The number of anilines is 1. The number of nitro groups is 1. The molecule has 0 aliphatic carbocycles. The number of nitro benzene ring substituents is 1. The van der Waals surface area contributed by atoms with Crippen LogP contribution in [0.2, 0.25) is 0 Å². The van der Waals surface area contributed by atoms with Gasteiger partial charge in [-0.25, -0.2) is 4.79 Å². The van der Waals surface area contributed by atoms with Crippen molar-refractivity contribution in [3.63, 3.8) is 0 Å². The molecule has 7 heteroatoms. The van der Waals surface area contributed by atoms with Crippen LogP contribution in [-0.4, -0.2) is 28.3 Å². The molecule has 23 heavy (non-hydrogen) atoms. The molecule has 1 aliphatic rings. The number of imide groups is 1. The molecule has 1 fully saturated rings. The predicted octanol–water partition coefficient (Wildman–Crippen LogP) is 2.56. The fourth-order valence-electron chi connectivity index (χ4n) is 2.41. The van der Waals surface area contributed by atoms with Gasteiger partial charge in [0.15, 0.2) is 0 Å². The van der Waals surface area contributed by atoms with E-state index >= 15 is 0 Å². The third-order valence-electron chi connectivity index (χ3n) is 3.61. The van der Waals surface area contributed by atoms with Crippen molar-refractivity contribution >= 4 is 23.3 Å². The van der Waals surface area contributed by atoms with Crippen LogP contribution in [-0.2, 0) is 11.3 Å². The van der Waals surface area contributed by atoms with Crippen molar-refractivity contribution < 1.29 is 14.5 Å². The summed E-state index contributed by atoms with van der Waals surface area (Å²) in [7, 11) is 0. The zero-order valence-electron chi connectivity index (χ0n) is 12.1. The Balaban J connectivity index is 1.77. The van der Waals surface area contributed by atoms with E-state index in [-0.39, 0.29) is 30.7 Å². The lowest BCUT2D eigenvalue weighted by Crippen LogP contribution is -2.32. The topological polar surface area (TPSA) is 83.8 Å². The summed E-state index contributed by atoms with van der Waals surface area (Å²) in [6.07, 6.45) is 0. The highest BCUT2D eigenvalue weighted by molar-refractivity contribution is 6.12. The second-order valence-corrected chi connectivity index (χ2v) is 5.11. The number of carbonyl (C=O) groups excluding carboxylic acids is 2. The SMILES string of the molecule is O=C1CN(c2ccccc2)C(=O)N1Cc1ccc([N+](=O)[O-])cc1. The van der Waals surface area contributed by atoms with E-state index in [9.17, 15) is 19.7 Å². The van der Waals surface area contributed by atoms with E-state index in [1.54, 1.807) is 36.4 Å². The standard InChI is InChI=1S/C16H13N3O4/c20-15-11-17(13-4-2-1-3-5-13)16(21)18(15)10-12-6-8-14(9-7-12)19(22)23/h1-9H,10-11H2. The summed E-state index contributed by atoms with van der Waals surface area (Å²) >= 11 is 0. The lowest BCUT2D eigenvalue weighted by atomic mass is 10.2. The fourth-order valence-corrected chi connectivity index (χ4v) is 2.41. The fraction of sp³-hybridized carbons (Fsp3) is 0.125. The van der Waals surface area contributed by atoms with Gasteiger partial charge in [-0.2, -0.15) is 0 Å². The van der Waals surface area contributed by atoms with Gasteiger partial charge >= 0.3 is 6.03 Å². The second-order valence-electron chi connectivity index (χ2n) is 5.11. The van der Waals surface area contributed by atoms with Crippen LogP contribution in [0.3, 0.4) is 0 Å². The Bertz CT molecular complexity index is 759. The number of carbonyl (C=O) groups is 2. The van der Waals surface area contributed by atoms with Gasteiger partial charge in [0.05, 0.1) is 11.5 Å². The Morgan fingerprint density at radius 1 is 1.00 bits per heavy atom. The van der Waals surface area contributed by atoms with Gasteiger partial charge in [-0.05, 0) is 17.7 Å². The summed E-state index contributed by atoms with van der Waals surface area (Å²) in [6, 6.07) is 14.4. The predicted molar refractivity (Wildman–Crippen MR) is 82.8 cm³/mol. The zero-order valence-corrected chi connectivity index (χ0v) is 12.1. The quantitative estimate of drug-likeness (QED) is 0.493. The molecule has 0 radical (unpaired) electrons. The number of hydrogen-bond acceptors (Lipinski definition) is 4. The van der Waals surface area contributed by atoms with Crippen LogP contribution in [0.4, 0.5) is 16.2 Å². The lowest BCUT2D eigenvalue weighted by molar-refractivity contribution is -0.384. The minimum absolute atomic E-state index is 0.00414. The van der Waals surface area contributed by atoms with Crippen LogP contribution >= 0.6 is 0 Å². The lowest BCUT2D eigenvalue weighted by Gasteiger charge is -2.17. The van der Waals surface area contributed by atoms with Crippen LogP contribution in [0.5, 0.6) is 0 Å². The van der Waals surface area contributed by atoms with Gasteiger partial charge < -0.3 is 0 Å². The molecule has 0 spiro atoms. The molecule has 0 unspecified atom stereocenters. The van der Waals surface area contributed by atoms with E-state index in [1.165, 1.54) is 17.0 Å². The molecule has 0 atom stereocenters. The summed E-state index contributed by atoms with van der Waals surface area (Å²) in [6.45, 7) is 0.0921. The minimum atomic E-state index is -0.493. The maximum Gasteiger partial charge on any atom is 0.332 e.